The second-order valence-electron chi connectivity index (χ2n) is 4.19. The number of carbonyl (C=O) groups is 1. The minimum Gasteiger partial charge on any atom is -0.465 e. The van der Waals surface area contributed by atoms with Crippen LogP contribution in [0, 0.1) is 5.92 Å². The number of nitrogens with two attached hydrogens (primary N) is 1. The van der Waals surface area contributed by atoms with Gasteiger partial charge in [0.1, 0.15) is 11.0 Å². The average molecular weight is 272 g/mol. The van der Waals surface area contributed by atoms with Gasteiger partial charge in [0, 0.05) is 25.7 Å². The van der Waals surface area contributed by atoms with Crippen LogP contribution in [0.5, 0.6) is 0 Å². The first-order chi connectivity index (χ1) is 8.54. The molecule has 98 valence electrons. The van der Waals surface area contributed by atoms with Crippen LogP contribution in [0.2, 0.25) is 5.15 Å². The quantitative estimate of drug-likeness (QED) is 0.703. The van der Waals surface area contributed by atoms with Crippen molar-refractivity contribution >= 4 is 29.5 Å². The first-order valence-electron chi connectivity index (χ1n) is 5.56. The van der Waals surface area contributed by atoms with Gasteiger partial charge < -0.3 is 21.1 Å². The maximum absolute atomic E-state index is 10.4. The van der Waals surface area contributed by atoms with Gasteiger partial charge in [0.25, 0.3) is 0 Å². The van der Waals surface area contributed by atoms with Crippen molar-refractivity contribution in [1.82, 2.24) is 15.3 Å². The summed E-state index contributed by atoms with van der Waals surface area (Å²) in [5.41, 5.74) is 5.54. The number of anilines is 2. The van der Waals surface area contributed by atoms with Crippen molar-refractivity contribution in [2.24, 2.45) is 5.92 Å². The smallest absolute Gasteiger partial charge is 0.404 e. The van der Waals surface area contributed by atoms with Gasteiger partial charge in [0.05, 0.1) is 0 Å². The van der Waals surface area contributed by atoms with Crippen LogP contribution in [-0.4, -0.2) is 40.8 Å². The molecule has 8 heteroatoms. The van der Waals surface area contributed by atoms with Gasteiger partial charge in [0.15, 0.2) is 0 Å². The minimum atomic E-state index is -0.997. The fraction of sp³-hybridized carbons (Fsp3) is 0.500. The van der Waals surface area contributed by atoms with E-state index in [0.29, 0.717) is 17.5 Å². The molecule has 1 amide bonds. The Balaban J connectivity index is 1.97. The minimum absolute atomic E-state index is 0.143. The summed E-state index contributed by atoms with van der Waals surface area (Å²) in [6.45, 7) is 1.98. The number of nitrogen functional groups attached to an aromatic ring is 1. The Morgan fingerprint density at radius 3 is 3.11 bits per heavy atom. The third-order valence-electron chi connectivity index (χ3n) is 2.85. The van der Waals surface area contributed by atoms with Crippen LogP contribution in [0.25, 0.3) is 0 Å². The number of rotatable bonds is 3. The second kappa shape index (κ2) is 5.26. The summed E-state index contributed by atoms with van der Waals surface area (Å²) in [6, 6.07) is 1.66. The number of hydrogen-bond acceptors (Lipinski definition) is 5. The molecular formula is C10H14ClN5O2. The van der Waals surface area contributed by atoms with Crippen molar-refractivity contribution in [3.8, 4) is 0 Å². The van der Waals surface area contributed by atoms with E-state index in [4.69, 9.17) is 22.4 Å². The molecule has 4 N–H and O–H groups in total. The molecule has 0 aliphatic carbocycles. The van der Waals surface area contributed by atoms with Crippen LogP contribution in [0.3, 0.4) is 0 Å². The lowest BCUT2D eigenvalue weighted by Crippen LogP contribution is -2.30. The SMILES string of the molecule is Nc1nc(Cl)cc(N2CC[C@H](CNC(=O)O)C2)n1. The highest BCUT2D eigenvalue weighted by Gasteiger charge is 2.24. The molecule has 1 aromatic heterocycles. The molecule has 0 radical (unpaired) electrons. The van der Waals surface area contributed by atoms with Gasteiger partial charge in [-0.3, -0.25) is 0 Å². The lowest BCUT2D eigenvalue weighted by Gasteiger charge is -2.17. The molecule has 18 heavy (non-hydrogen) atoms. The van der Waals surface area contributed by atoms with E-state index >= 15 is 0 Å². The topological polar surface area (TPSA) is 104 Å². The Labute approximate surface area is 109 Å². The predicted octanol–water partition coefficient (Wildman–Crippen LogP) is 0.806. The van der Waals surface area contributed by atoms with Gasteiger partial charge in [-0.05, 0) is 12.3 Å². The first-order valence-corrected chi connectivity index (χ1v) is 5.94. The Kier molecular flexibility index (Phi) is 3.71. The van der Waals surface area contributed by atoms with Crippen molar-refractivity contribution in [2.45, 2.75) is 6.42 Å². The van der Waals surface area contributed by atoms with Gasteiger partial charge in [-0.25, -0.2) is 9.78 Å². The van der Waals surface area contributed by atoms with Crippen molar-refractivity contribution in [3.63, 3.8) is 0 Å². The van der Waals surface area contributed by atoms with Crippen LogP contribution >= 0.6 is 11.6 Å². The number of nitrogens with one attached hydrogen (secondary N) is 1. The Morgan fingerprint density at radius 1 is 1.67 bits per heavy atom. The zero-order valence-corrected chi connectivity index (χ0v) is 10.4. The molecule has 0 bridgehead atoms. The van der Waals surface area contributed by atoms with Gasteiger partial charge >= 0.3 is 6.09 Å². The van der Waals surface area contributed by atoms with Crippen LogP contribution in [0.15, 0.2) is 6.07 Å². The fourth-order valence-corrected chi connectivity index (χ4v) is 2.21. The van der Waals surface area contributed by atoms with Gasteiger partial charge in [-0.1, -0.05) is 11.6 Å². The average Bonchev–Trinajstić information content (AvgIpc) is 2.73. The van der Waals surface area contributed by atoms with Gasteiger partial charge in [-0.2, -0.15) is 4.98 Å². The molecule has 0 spiro atoms. The number of halogens is 1. The molecule has 1 aliphatic rings. The van der Waals surface area contributed by atoms with E-state index in [-0.39, 0.29) is 11.9 Å². The van der Waals surface area contributed by atoms with Crippen LogP contribution in [0.4, 0.5) is 16.6 Å². The van der Waals surface area contributed by atoms with E-state index in [1.807, 2.05) is 4.90 Å². The van der Waals surface area contributed by atoms with E-state index < -0.39 is 6.09 Å². The first kappa shape index (κ1) is 12.7. The van der Waals surface area contributed by atoms with Crippen molar-refractivity contribution in [1.29, 1.82) is 0 Å². The summed E-state index contributed by atoms with van der Waals surface area (Å²) >= 11 is 5.82. The third kappa shape index (κ3) is 3.13. The Hall–Kier alpha value is -1.76. The molecule has 0 unspecified atom stereocenters. The van der Waals surface area contributed by atoms with E-state index in [9.17, 15) is 4.79 Å². The Morgan fingerprint density at radius 2 is 2.44 bits per heavy atom. The monoisotopic (exact) mass is 271 g/mol. The lowest BCUT2D eigenvalue weighted by atomic mass is 10.1. The maximum atomic E-state index is 10.4. The molecule has 7 nitrogen and oxygen atoms in total. The molecular weight excluding hydrogens is 258 g/mol. The summed E-state index contributed by atoms with van der Waals surface area (Å²) in [6.07, 6.45) is -0.0929. The van der Waals surface area contributed by atoms with Gasteiger partial charge in [0.2, 0.25) is 5.95 Å². The molecule has 1 aliphatic heterocycles. The van der Waals surface area contributed by atoms with Crippen molar-refractivity contribution < 1.29 is 9.90 Å². The summed E-state index contributed by atoms with van der Waals surface area (Å²) in [7, 11) is 0. The van der Waals surface area contributed by atoms with Gasteiger partial charge in [-0.15, -0.1) is 0 Å². The molecule has 1 aromatic rings. The zero-order chi connectivity index (χ0) is 13.1. The summed E-state index contributed by atoms with van der Waals surface area (Å²) in [4.78, 5) is 20.4. The molecule has 0 saturated carbocycles. The van der Waals surface area contributed by atoms with Crippen LogP contribution in [0.1, 0.15) is 6.42 Å². The van der Waals surface area contributed by atoms with Crippen LogP contribution < -0.4 is 16.0 Å². The highest BCUT2D eigenvalue weighted by molar-refractivity contribution is 6.29. The van der Waals surface area contributed by atoms with Crippen molar-refractivity contribution in [3.05, 3.63) is 11.2 Å². The van der Waals surface area contributed by atoms with E-state index in [0.717, 1.165) is 19.5 Å². The molecule has 1 atom stereocenters. The van der Waals surface area contributed by atoms with E-state index in [1.165, 1.54) is 0 Å². The third-order valence-corrected chi connectivity index (χ3v) is 3.04. The normalized spacial score (nSPS) is 18.9. The lowest BCUT2D eigenvalue weighted by molar-refractivity contribution is 0.192. The number of hydrogen-bond donors (Lipinski definition) is 3. The molecule has 1 saturated heterocycles. The number of nitrogens with zero attached hydrogens (tertiary/aromatic N) is 3. The molecule has 1 fully saturated rings. The maximum Gasteiger partial charge on any atom is 0.404 e. The standard InChI is InChI=1S/C10H14ClN5O2/c11-7-3-8(15-9(12)14-7)16-2-1-6(5-16)4-13-10(17)18/h3,6,13H,1-2,4-5H2,(H,17,18)(H2,12,14,15)/t6-/m1/s1. The molecule has 2 rings (SSSR count). The largest absolute Gasteiger partial charge is 0.465 e. The van der Waals surface area contributed by atoms with E-state index in [1.54, 1.807) is 6.07 Å². The molecule has 2 heterocycles. The summed E-state index contributed by atoms with van der Waals surface area (Å²) in [5, 5.41) is 11.2. The number of amides is 1. The second-order valence-corrected chi connectivity index (χ2v) is 4.58. The van der Waals surface area contributed by atoms with Crippen molar-refractivity contribution in [2.75, 3.05) is 30.3 Å². The summed E-state index contributed by atoms with van der Waals surface area (Å²) < 4.78 is 0. The zero-order valence-electron chi connectivity index (χ0n) is 9.64. The highest BCUT2D eigenvalue weighted by atomic mass is 35.5. The highest BCUT2D eigenvalue weighted by Crippen LogP contribution is 2.24. The Bertz CT molecular complexity index is 436. The fourth-order valence-electron chi connectivity index (χ4n) is 2.02. The van der Waals surface area contributed by atoms with E-state index in [2.05, 4.69) is 15.3 Å². The predicted molar refractivity (Wildman–Crippen MR) is 67.8 cm³/mol. The molecule has 0 aromatic carbocycles. The number of carboxylic acid groups (broad SMARTS) is 1. The number of aromatic nitrogens is 2. The van der Waals surface area contributed by atoms with Crippen LogP contribution in [-0.2, 0) is 0 Å². The summed E-state index contributed by atoms with van der Waals surface area (Å²) in [5.74, 6) is 1.10.